The molecule has 0 bridgehead atoms. The lowest BCUT2D eigenvalue weighted by molar-refractivity contribution is -0.132. The van der Waals surface area contributed by atoms with E-state index in [0.29, 0.717) is 23.6 Å². The van der Waals surface area contributed by atoms with Crippen molar-refractivity contribution in [3.8, 4) is 17.2 Å². The first-order valence-electron chi connectivity index (χ1n) is 11.5. The first-order chi connectivity index (χ1) is 17.3. The first-order valence-corrected chi connectivity index (χ1v) is 11.5. The van der Waals surface area contributed by atoms with Crippen LogP contribution in [0.4, 0.5) is 11.4 Å². The number of hydrogen-bond donors (Lipinski definition) is 2. The van der Waals surface area contributed by atoms with E-state index in [2.05, 4.69) is 0 Å². The molecule has 36 heavy (non-hydrogen) atoms. The Morgan fingerprint density at radius 1 is 1.00 bits per heavy atom. The van der Waals surface area contributed by atoms with Gasteiger partial charge in [-0.1, -0.05) is 18.2 Å². The van der Waals surface area contributed by atoms with E-state index < -0.39 is 17.7 Å². The van der Waals surface area contributed by atoms with Crippen LogP contribution in [-0.4, -0.2) is 49.7 Å². The number of ketones is 1. The number of hydrogen-bond acceptors (Lipinski definition) is 7. The summed E-state index contributed by atoms with van der Waals surface area (Å²) in [5.74, 6) is -1.46. The van der Waals surface area contributed by atoms with Crippen LogP contribution < -0.4 is 19.3 Å². The summed E-state index contributed by atoms with van der Waals surface area (Å²) in [5.41, 5.74) is 2.09. The number of ether oxygens (including phenoxy) is 2. The molecular formula is C28H28N2O6. The van der Waals surface area contributed by atoms with Gasteiger partial charge in [-0.25, -0.2) is 0 Å². The van der Waals surface area contributed by atoms with Gasteiger partial charge in [-0.2, -0.15) is 0 Å². The van der Waals surface area contributed by atoms with E-state index in [9.17, 15) is 19.8 Å². The number of benzene rings is 3. The Bertz CT molecular complexity index is 1330. The van der Waals surface area contributed by atoms with E-state index in [-0.39, 0.29) is 28.4 Å². The van der Waals surface area contributed by atoms with E-state index in [0.717, 1.165) is 5.69 Å². The van der Waals surface area contributed by atoms with Gasteiger partial charge in [0.05, 0.1) is 30.9 Å². The second kappa shape index (κ2) is 10.0. The number of amides is 1. The average Bonchev–Trinajstić information content (AvgIpc) is 3.15. The summed E-state index contributed by atoms with van der Waals surface area (Å²) in [6.45, 7) is 2.09. The quantitative estimate of drug-likeness (QED) is 0.287. The minimum Gasteiger partial charge on any atom is -0.507 e. The van der Waals surface area contributed by atoms with Crippen molar-refractivity contribution in [2.75, 3.05) is 37.6 Å². The number of methoxy groups -OCH3 is 1. The number of carbonyl (C=O) groups excluding carboxylic acids is 2. The van der Waals surface area contributed by atoms with Crippen LogP contribution in [0.3, 0.4) is 0 Å². The van der Waals surface area contributed by atoms with Crippen LogP contribution in [0.15, 0.2) is 72.3 Å². The molecule has 1 saturated heterocycles. The van der Waals surface area contributed by atoms with Gasteiger partial charge in [-0.15, -0.1) is 0 Å². The molecule has 186 valence electrons. The van der Waals surface area contributed by atoms with Crippen LogP contribution in [0.5, 0.6) is 17.2 Å². The summed E-state index contributed by atoms with van der Waals surface area (Å²) in [6, 6.07) is 17.6. The molecule has 1 unspecified atom stereocenters. The van der Waals surface area contributed by atoms with Gasteiger partial charge in [0, 0.05) is 25.5 Å². The van der Waals surface area contributed by atoms with Crippen molar-refractivity contribution in [1.29, 1.82) is 0 Å². The second-order valence-electron chi connectivity index (χ2n) is 8.44. The molecule has 0 radical (unpaired) electrons. The number of carbonyl (C=O) groups is 2. The number of Topliss-reactive ketones (excluding diaryl/α,β-unsaturated/α-hetero) is 1. The predicted molar refractivity (Wildman–Crippen MR) is 138 cm³/mol. The zero-order chi connectivity index (χ0) is 26.0. The highest BCUT2D eigenvalue weighted by molar-refractivity contribution is 6.51. The number of phenols is 1. The Balaban J connectivity index is 1.96. The van der Waals surface area contributed by atoms with Gasteiger partial charge in [0.1, 0.15) is 11.5 Å². The first kappa shape index (κ1) is 24.7. The molecule has 0 aromatic heterocycles. The summed E-state index contributed by atoms with van der Waals surface area (Å²) in [4.78, 5) is 30.1. The number of aliphatic hydroxyl groups is 1. The molecule has 0 spiro atoms. The van der Waals surface area contributed by atoms with Crippen molar-refractivity contribution in [3.63, 3.8) is 0 Å². The topological polar surface area (TPSA) is 99.5 Å². The van der Waals surface area contributed by atoms with Crippen LogP contribution >= 0.6 is 0 Å². The Kier molecular flexibility index (Phi) is 6.87. The number of anilines is 2. The molecule has 1 aliphatic heterocycles. The molecule has 2 N–H and O–H groups in total. The van der Waals surface area contributed by atoms with Crippen molar-refractivity contribution in [3.05, 3.63) is 83.4 Å². The molecular weight excluding hydrogens is 460 g/mol. The smallest absolute Gasteiger partial charge is 0.300 e. The zero-order valence-electron chi connectivity index (χ0n) is 20.6. The van der Waals surface area contributed by atoms with Gasteiger partial charge in [0.2, 0.25) is 0 Å². The molecule has 1 heterocycles. The Hall–Kier alpha value is -4.46. The highest BCUT2D eigenvalue weighted by Crippen LogP contribution is 2.45. The molecule has 3 aromatic rings. The van der Waals surface area contributed by atoms with Gasteiger partial charge in [-0.05, 0) is 61.0 Å². The molecule has 1 fully saturated rings. The number of nitrogens with zero attached hydrogens (tertiary/aromatic N) is 2. The van der Waals surface area contributed by atoms with Crippen molar-refractivity contribution in [1.82, 2.24) is 0 Å². The fourth-order valence-corrected chi connectivity index (χ4v) is 4.28. The number of rotatable bonds is 7. The maximum atomic E-state index is 13.4. The standard InChI is InChI=1S/C28H28N2O6/c1-5-36-23-16-17(10-15-21(23)31)25-24(26(32)20-8-6-7-9-22(20)35-4)27(33)28(34)30(25)19-13-11-18(12-14-19)29(2)3/h6-16,25,31-32H,5H2,1-4H3/b26-24-. The van der Waals surface area contributed by atoms with E-state index >= 15 is 0 Å². The van der Waals surface area contributed by atoms with Gasteiger partial charge in [0.25, 0.3) is 11.7 Å². The third-order valence-corrected chi connectivity index (χ3v) is 6.05. The molecule has 1 amide bonds. The zero-order valence-corrected chi connectivity index (χ0v) is 20.6. The number of aliphatic hydroxyl groups excluding tert-OH is 1. The van der Waals surface area contributed by atoms with Crippen LogP contribution in [0.25, 0.3) is 5.76 Å². The minimum atomic E-state index is -0.972. The second-order valence-corrected chi connectivity index (χ2v) is 8.44. The fourth-order valence-electron chi connectivity index (χ4n) is 4.28. The van der Waals surface area contributed by atoms with Crippen LogP contribution in [0.2, 0.25) is 0 Å². The van der Waals surface area contributed by atoms with E-state index in [4.69, 9.17) is 9.47 Å². The lowest BCUT2D eigenvalue weighted by Gasteiger charge is -2.26. The van der Waals surface area contributed by atoms with Gasteiger partial charge in [-0.3, -0.25) is 14.5 Å². The highest BCUT2D eigenvalue weighted by Gasteiger charge is 2.47. The maximum Gasteiger partial charge on any atom is 0.300 e. The average molecular weight is 489 g/mol. The molecule has 8 nitrogen and oxygen atoms in total. The minimum absolute atomic E-state index is 0.0717. The normalized spacial score (nSPS) is 16.8. The van der Waals surface area contributed by atoms with Gasteiger partial charge < -0.3 is 24.6 Å². The van der Waals surface area contributed by atoms with Crippen molar-refractivity contribution < 1.29 is 29.3 Å². The maximum absolute atomic E-state index is 13.4. The summed E-state index contributed by atoms with van der Waals surface area (Å²) in [6.07, 6.45) is 0. The van der Waals surface area contributed by atoms with Crippen LogP contribution in [-0.2, 0) is 9.59 Å². The van der Waals surface area contributed by atoms with E-state index in [1.807, 2.05) is 31.1 Å². The van der Waals surface area contributed by atoms with E-state index in [1.165, 1.54) is 18.1 Å². The van der Waals surface area contributed by atoms with E-state index in [1.54, 1.807) is 55.5 Å². The molecule has 8 heteroatoms. The number of aromatic hydroxyl groups is 1. The van der Waals surface area contributed by atoms with Crippen molar-refractivity contribution in [2.45, 2.75) is 13.0 Å². The lowest BCUT2D eigenvalue weighted by Crippen LogP contribution is -2.29. The third-order valence-electron chi connectivity index (χ3n) is 6.05. The van der Waals surface area contributed by atoms with Crippen molar-refractivity contribution in [2.24, 2.45) is 0 Å². The van der Waals surface area contributed by atoms with Crippen molar-refractivity contribution >= 4 is 28.8 Å². The number of para-hydroxylation sites is 1. The van der Waals surface area contributed by atoms with Crippen LogP contribution in [0, 0.1) is 0 Å². The molecule has 1 atom stereocenters. The molecule has 1 aliphatic rings. The Labute approximate surface area is 209 Å². The third kappa shape index (κ3) is 4.33. The summed E-state index contributed by atoms with van der Waals surface area (Å²) >= 11 is 0. The SMILES string of the molecule is CCOc1cc(C2/C(=C(/O)c3ccccc3OC)C(=O)C(=O)N2c2ccc(N(C)C)cc2)ccc1O. The largest absolute Gasteiger partial charge is 0.507 e. The van der Waals surface area contributed by atoms with Gasteiger partial charge in [0.15, 0.2) is 11.5 Å². The fraction of sp³-hybridized carbons (Fsp3) is 0.214. The summed E-state index contributed by atoms with van der Waals surface area (Å²) in [7, 11) is 5.27. The van der Waals surface area contributed by atoms with Crippen LogP contribution in [0.1, 0.15) is 24.1 Å². The highest BCUT2D eigenvalue weighted by atomic mass is 16.5. The molecule has 4 rings (SSSR count). The summed E-state index contributed by atoms with van der Waals surface area (Å²) < 4.78 is 10.9. The number of phenolic OH excluding ortho intramolecular Hbond substituents is 1. The molecule has 0 saturated carbocycles. The van der Waals surface area contributed by atoms with Gasteiger partial charge >= 0.3 is 0 Å². The molecule has 3 aromatic carbocycles. The monoisotopic (exact) mass is 488 g/mol. The molecule has 0 aliphatic carbocycles. The predicted octanol–water partition coefficient (Wildman–Crippen LogP) is 4.49. The summed E-state index contributed by atoms with van der Waals surface area (Å²) in [5, 5.41) is 21.6. The lowest BCUT2D eigenvalue weighted by atomic mass is 9.94. The Morgan fingerprint density at radius 3 is 2.33 bits per heavy atom. The Morgan fingerprint density at radius 2 is 1.69 bits per heavy atom.